The number of guanidine groups is 1. The van der Waals surface area contributed by atoms with Gasteiger partial charge in [0.1, 0.15) is 0 Å². The minimum atomic E-state index is 0.0400. The summed E-state index contributed by atoms with van der Waals surface area (Å²) in [6.45, 7) is 13.0. The van der Waals surface area contributed by atoms with E-state index in [2.05, 4.69) is 42.4 Å². The lowest BCUT2D eigenvalue weighted by Gasteiger charge is -2.34. The molecule has 0 bridgehead atoms. The number of carbonyl (C=O) groups excluding carboxylic acids is 1. The molecule has 174 valence electrons. The predicted molar refractivity (Wildman–Crippen MR) is 131 cm³/mol. The second kappa shape index (κ2) is 13.4. The molecule has 2 unspecified atom stereocenters. The molecule has 0 aliphatic carbocycles. The molecule has 1 amide bonds. The van der Waals surface area contributed by atoms with Crippen molar-refractivity contribution in [2.45, 2.75) is 46.5 Å². The number of unbranched alkanes of at least 4 members (excludes halogenated alkanes) is 1. The van der Waals surface area contributed by atoms with Gasteiger partial charge in [0.2, 0.25) is 0 Å². The first kappa shape index (κ1) is 25.2. The fraction of sp³-hybridized carbons (Fsp3) is 0.680. The number of aliphatic imine (C=N–C) groups is 1. The van der Waals surface area contributed by atoms with Gasteiger partial charge in [0.25, 0.3) is 5.91 Å². The van der Waals surface area contributed by atoms with Crippen LogP contribution in [0.4, 0.5) is 0 Å². The molecular weight excluding hydrogens is 386 g/mol. The number of nitrogens with one attached hydrogen (secondary N) is 2. The molecule has 1 aliphatic heterocycles. The third kappa shape index (κ3) is 9.30. The molecule has 6 heteroatoms. The van der Waals surface area contributed by atoms with Gasteiger partial charge in [-0.05, 0) is 68.7 Å². The van der Waals surface area contributed by atoms with Crippen molar-refractivity contribution in [2.24, 2.45) is 16.8 Å². The van der Waals surface area contributed by atoms with Gasteiger partial charge in [-0.25, -0.2) is 0 Å². The summed E-state index contributed by atoms with van der Waals surface area (Å²) in [6.07, 6.45) is 4.54. The number of nitrogens with zero attached hydrogens (tertiary/aromatic N) is 3. The lowest BCUT2D eigenvalue weighted by Crippen LogP contribution is -2.39. The number of likely N-dealkylation sites (tertiary alicyclic amines) is 1. The quantitative estimate of drug-likeness (QED) is 0.341. The average molecular weight is 430 g/mol. The van der Waals surface area contributed by atoms with Crippen molar-refractivity contribution in [3.8, 4) is 0 Å². The first-order chi connectivity index (χ1) is 14.9. The van der Waals surface area contributed by atoms with Crippen LogP contribution in [0.3, 0.4) is 0 Å². The van der Waals surface area contributed by atoms with Gasteiger partial charge >= 0.3 is 0 Å². The van der Waals surface area contributed by atoms with E-state index in [4.69, 9.17) is 4.99 Å². The highest BCUT2D eigenvalue weighted by Crippen LogP contribution is 2.21. The number of piperidine rings is 1. The van der Waals surface area contributed by atoms with Crippen LogP contribution in [0.1, 0.15) is 56.0 Å². The van der Waals surface area contributed by atoms with E-state index in [0.717, 1.165) is 61.4 Å². The minimum Gasteiger partial charge on any atom is -0.357 e. The Bertz CT molecular complexity index is 693. The van der Waals surface area contributed by atoms with E-state index >= 15 is 0 Å². The van der Waals surface area contributed by atoms with E-state index < -0.39 is 0 Å². The summed E-state index contributed by atoms with van der Waals surface area (Å²) in [7, 11) is 3.56. The smallest absolute Gasteiger partial charge is 0.253 e. The molecule has 1 aromatic carbocycles. The Morgan fingerprint density at radius 1 is 1.16 bits per heavy atom. The van der Waals surface area contributed by atoms with E-state index in [0.29, 0.717) is 0 Å². The number of hydrogen-bond donors (Lipinski definition) is 2. The lowest BCUT2D eigenvalue weighted by molar-refractivity contribution is 0.0827. The molecule has 1 saturated heterocycles. The van der Waals surface area contributed by atoms with Gasteiger partial charge in [0.05, 0.1) is 0 Å². The van der Waals surface area contributed by atoms with Gasteiger partial charge in [0, 0.05) is 52.4 Å². The molecule has 31 heavy (non-hydrogen) atoms. The maximum atomic E-state index is 12.1. The van der Waals surface area contributed by atoms with E-state index in [1.165, 1.54) is 32.5 Å². The molecule has 1 aliphatic rings. The average Bonchev–Trinajstić information content (AvgIpc) is 2.72. The maximum Gasteiger partial charge on any atom is 0.253 e. The fourth-order valence-electron chi connectivity index (χ4n) is 4.40. The molecule has 1 aromatic rings. The second-order valence-electron chi connectivity index (χ2n) is 9.25. The fourth-order valence-corrected chi connectivity index (χ4v) is 4.40. The van der Waals surface area contributed by atoms with Gasteiger partial charge in [-0.1, -0.05) is 26.0 Å². The van der Waals surface area contributed by atoms with Crippen molar-refractivity contribution in [3.05, 3.63) is 35.4 Å². The molecule has 0 aromatic heterocycles. The van der Waals surface area contributed by atoms with Gasteiger partial charge < -0.3 is 20.4 Å². The SMILES string of the molecule is CCNC(=NCCCCN1CC(C)CC(C)C1)NCCc1cccc(C(=O)N(C)C)c1. The van der Waals surface area contributed by atoms with Crippen molar-refractivity contribution in [1.29, 1.82) is 0 Å². The molecule has 0 spiro atoms. The van der Waals surface area contributed by atoms with Crippen molar-refractivity contribution in [2.75, 3.05) is 53.4 Å². The zero-order chi connectivity index (χ0) is 22.6. The Labute approximate surface area is 189 Å². The molecule has 2 N–H and O–H groups in total. The Kier molecular flexibility index (Phi) is 10.9. The third-order valence-electron chi connectivity index (χ3n) is 5.73. The molecule has 1 heterocycles. The summed E-state index contributed by atoms with van der Waals surface area (Å²) in [5, 5.41) is 6.76. The maximum absolute atomic E-state index is 12.1. The van der Waals surface area contributed by atoms with Crippen molar-refractivity contribution >= 4 is 11.9 Å². The molecule has 0 radical (unpaired) electrons. The van der Waals surface area contributed by atoms with Crippen molar-refractivity contribution < 1.29 is 4.79 Å². The first-order valence-corrected chi connectivity index (χ1v) is 11.9. The van der Waals surface area contributed by atoms with E-state index in [1.807, 2.05) is 18.2 Å². The van der Waals surface area contributed by atoms with Gasteiger partial charge in [-0.2, -0.15) is 0 Å². The normalized spacial score (nSPS) is 19.8. The van der Waals surface area contributed by atoms with Crippen LogP contribution in [0.2, 0.25) is 0 Å². The summed E-state index contributed by atoms with van der Waals surface area (Å²) in [4.78, 5) is 21.1. The minimum absolute atomic E-state index is 0.0400. The zero-order valence-corrected chi connectivity index (χ0v) is 20.3. The van der Waals surface area contributed by atoms with E-state index in [9.17, 15) is 4.79 Å². The summed E-state index contributed by atoms with van der Waals surface area (Å²) in [6, 6.07) is 7.88. The van der Waals surface area contributed by atoms with Gasteiger partial charge in [-0.15, -0.1) is 0 Å². The van der Waals surface area contributed by atoms with Crippen LogP contribution in [0.25, 0.3) is 0 Å². The number of benzene rings is 1. The summed E-state index contributed by atoms with van der Waals surface area (Å²) >= 11 is 0. The van der Waals surface area contributed by atoms with E-state index in [1.54, 1.807) is 19.0 Å². The Balaban J connectivity index is 1.72. The highest BCUT2D eigenvalue weighted by atomic mass is 16.2. The van der Waals surface area contributed by atoms with Crippen LogP contribution >= 0.6 is 0 Å². The Morgan fingerprint density at radius 2 is 1.90 bits per heavy atom. The molecule has 1 fully saturated rings. The number of rotatable bonds is 10. The van der Waals surface area contributed by atoms with Crippen LogP contribution in [-0.4, -0.2) is 75.0 Å². The summed E-state index contributed by atoms with van der Waals surface area (Å²) in [5.41, 5.74) is 1.89. The summed E-state index contributed by atoms with van der Waals surface area (Å²) < 4.78 is 0. The molecule has 2 rings (SSSR count). The largest absolute Gasteiger partial charge is 0.357 e. The van der Waals surface area contributed by atoms with Crippen LogP contribution in [0.15, 0.2) is 29.3 Å². The highest BCUT2D eigenvalue weighted by molar-refractivity contribution is 5.94. The van der Waals surface area contributed by atoms with Crippen molar-refractivity contribution in [3.63, 3.8) is 0 Å². The molecule has 2 atom stereocenters. The Morgan fingerprint density at radius 3 is 2.58 bits per heavy atom. The Hall–Kier alpha value is -2.08. The molecule has 6 nitrogen and oxygen atoms in total. The van der Waals surface area contributed by atoms with Crippen LogP contribution in [0, 0.1) is 11.8 Å². The van der Waals surface area contributed by atoms with Crippen LogP contribution < -0.4 is 10.6 Å². The van der Waals surface area contributed by atoms with E-state index in [-0.39, 0.29) is 5.91 Å². The standard InChI is InChI=1S/C25H43N5O/c1-6-26-25(27-13-7-8-15-30-18-20(2)16-21(3)19-30)28-14-12-22-10-9-11-23(17-22)24(31)29(4)5/h9-11,17,20-21H,6-8,12-16,18-19H2,1-5H3,(H2,26,27,28). The van der Waals surface area contributed by atoms with Crippen molar-refractivity contribution in [1.82, 2.24) is 20.4 Å². The first-order valence-electron chi connectivity index (χ1n) is 11.9. The van der Waals surface area contributed by atoms with Crippen LogP contribution in [-0.2, 0) is 6.42 Å². The summed E-state index contributed by atoms with van der Waals surface area (Å²) in [5.74, 6) is 2.57. The lowest BCUT2D eigenvalue weighted by atomic mass is 9.92. The number of hydrogen-bond acceptors (Lipinski definition) is 3. The second-order valence-corrected chi connectivity index (χ2v) is 9.25. The number of amides is 1. The number of carbonyl (C=O) groups is 1. The highest BCUT2D eigenvalue weighted by Gasteiger charge is 2.20. The molecule has 0 saturated carbocycles. The van der Waals surface area contributed by atoms with Gasteiger partial charge in [-0.3, -0.25) is 9.79 Å². The topological polar surface area (TPSA) is 60.0 Å². The predicted octanol–water partition coefficient (Wildman–Crippen LogP) is 3.24. The monoisotopic (exact) mass is 429 g/mol. The molecular formula is C25H43N5O. The zero-order valence-electron chi connectivity index (χ0n) is 20.3. The van der Waals surface area contributed by atoms with Crippen LogP contribution in [0.5, 0.6) is 0 Å². The third-order valence-corrected chi connectivity index (χ3v) is 5.73. The van der Waals surface area contributed by atoms with Gasteiger partial charge in [0.15, 0.2) is 5.96 Å².